The van der Waals surface area contributed by atoms with E-state index < -0.39 is 0 Å². The second-order valence-corrected chi connectivity index (χ2v) is 6.96. The van der Waals surface area contributed by atoms with Gasteiger partial charge in [-0.25, -0.2) is 0 Å². The summed E-state index contributed by atoms with van der Waals surface area (Å²) >= 11 is 0. The van der Waals surface area contributed by atoms with Crippen molar-refractivity contribution in [1.82, 2.24) is 4.98 Å². The summed E-state index contributed by atoms with van der Waals surface area (Å²) < 4.78 is 5.59. The molecule has 0 saturated heterocycles. The van der Waals surface area contributed by atoms with Crippen molar-refractivity contribution in [2.75, 3.05) is 7.11 Å². The van der Waals surface area contributed by atoms with Crippen molar-refractivity contribution in [1.29, 1.82) is 0 Å². The number of aliphatic imine (C=N–C) groups is 1. The molecule has 5 heteroatoms. The van der Waals surface area contributed by atoms with Crippen LogP contribution in [0, 0.1) is 5.92 Å². The molecule has 5 rings (SSSR count). The van der Waals surface area contributed by atoms with E-state index in [-0.39, 0.29) is 29.6 Å². The van der Waals surface area contributed by atoms with Gasteiger partial charge in [-0.05, 0) is 31.3 Å². The lowest BCUT2D eigenvalue weighted by atomic mass is 9.69. The van der Waals surface area contributed by atoms with Crippen LogP contribution >= 0.6 is 0 Å². The molecule has 4 atom stereocenters. The number of nitrogens with zero attached hydrogens (tertiary/aromatic N) is 1. The molecular formula is C18H20N2O3. The van der Waals surface area contributed by atoms with Gasteiger partial charge in [0.15, 0.2) is 11.8 Å². The van der Waals surface area contributed by atoms with Gasteiger partial charge in [-0.2, -0.15) is 0 Å². The Morgan fingerprint density at radius 1 is 1.17 bits per heavy atom. The summed E-state index contributed by atoms with van der Waals surface area (Å²) in [4.78, 5) is 7.79. The predicted molar refractivity (Wildman–Crippen MR) is 86.0 cm³/mol. The molecule has 0 bridgehead atoms. The minimum atomic E-state index is -0.0496. The number of aromatic amines is 1. The molecule has 4 unspecified atom stereocenters. The van der Waals surface area contributed by atoms with Crippen LogP contribution in [0.3, 0.4) is 0 Å². The third kappa shape index (κ3) is 1.55. The molecule has 2 heterocycles. The Bertz CT molecular complexity index is 786. The summed E-state index contributed by atoms with van der Waals surface area (Å²) in [5.41, 5.74) is 4.07. The van der Waals surface area contributed by atoms with E-state index in [4.69, 9.17) is 9.73 Å². The summed E-state index contributed by atoms with van der Waals surface area (Å²) in [7, 11) is 1.68. The number of hydrogen-bond acceptors (Lipinski definition) is 4. The Balaban J connectivity index is 1.79. The lowest BCUT2D eigenvalue weighted by Crippen LogP contribution is -2.29. The van der Waals surface area contributed by atoms with E-state index >= 15 is 0 Å². The number of allylic oxidation sites excluding steroid dienone is 1. The molecule has 1 aliphatic heterocycles. The molecule has 0 aromatic carbocycles. The molecule has 5 nitrogen and oxygen atoms in total. The third-order valence-electron chi connectivity index (χ3n) is 6.00. The fraction of sp³-hybridized carbons (Fsp3) is 0.500. The number of methoxy groups -OCH3 is 1. The fourth-order valence-electron chi connectivity index (χ4n) is 5.19. The van der Waals surface area contributed by atoms with Crippen LogP contribution in [0.5, 0.6) is 11.8 Å². The molecule has 120 valence electrons. The number of nitrogens with one attached hydrogen (secondary N) is 1. The monoisotopic (exact) mass is 312 g/mol. The number of rotatable bonds is 1. The molecular weight excluding hydrogens is 292 g/mol. The Morgan fingerprint density at radius 2 is 1.96 bits per heavy atom. The van der Waals surface area contributed by atoms with Crippen LogP contribution in [-0.2, 0) is 4.74 Å². The number of fused-ring (bicyclic) bond motifs is 8. The molecule has 0 spiro atoms. The lowest BCUT2D eigenvalue weighted by molar-refractivity contribution is 0.296. The van der Waals surface area contributed by atoms with E-state index in [9.17, 15) is 10.2 Å². The first-order valence-corrected chi connectivity index (χ1v) is 8.36. The van der Waals surface area contributed by atoms with E-state index in [1.165, 1.54) is 5.71 Å². The van der Waals surface area contributed by atoms with Gasteiger partial charge in [0, 0.05) is 28.3 Å². The van der Waals surface area contributed by atoms with Gasteiger partial charge in [0.2, 0.25) is 0 Å². The average Bonchev–Trinajstić information content (AvgIpc) is 3.22. The van der Waals surface area contributed by atoms with Crippen LogP contribution in [0.4, 0.5) is 0 Å². The van der Waals surface area contributed by atoms with Crippen molar-refractivity contribution < 1.29 is 14.9 Å². The smallest absolute Gasteiger partial charge is 0.195 e. The Morgan fingerprint density at radius 3 is 2.78 bits per heavy atom. The molecule has 4 aliphatic rings. The van der Waals surface area contributed by atoms with Crippen molar-refractivity contribution in [3.63, 3.8) is 0 Å². The highest BCUT2D eigenvalue weighted by atomic mass is 16.5. The molecule has 1 aromatic heterocycles. The van der Waals surface area contributed by atoms with Gasteiger partial charge in [-0.1, -0.05) is 12.5 Å². The number of hydrogen-bond donors (Lipinski definition) is 3. The molecule has 3 aliphatic carbocycles. The van der Waals surface area contributed by atoms with E-state index in [0.29, 0.717) is 5.92 Å². The van der Waals surface area contributed by atoms with E-state index in [1.807, 2.05) is 6.08 Å². The van der Waals surface area contributed by atoms with Crippen LogP contribution in [0.1, 0.15) is 48.6 Å². The second-order valence-electron chi connectivity index (χ2n) is 6.96. The summed E-state index contributed by atoms with van der Waals surface area (Å²) in [6, 6.07) is 0.110. The van der Waals surface area contributed by atoms with Gasteiger partial charge in [0.05, 0.1) is 19.1 Å². The van der Waals surface area contributed by atoms with E-state index in [0.717, 1.165) is 48.1 Å². The molecule has 1 fully saturated rings. The molecule has 1 aromatic rings. The van der Waals surface area contributed by atoms with Crippen LogP contribution in [0.15, 0.2) is 28.5 Å². The van der Waals surface area contributed by atoms with Gasteiger partial charge in [0.1, 0.15) is 5.76 Å². The van der Waals surface area contributed by atoms with Crippen molar-refractivity contribution in [2.24, 2.45) is 10.9 Å². The Kier molecular flexibility index (Phi) is 2.56. The van der Waals surface area contributed by atoms with Crippen LogP contribution in [0.2, 0.25) is 0 Å². The van der Waals surface area contributed by atoms with Gasteiger partial charge < -0.3 is 14.9 Å². The predicted octanol–water partition coefficient (Wildman–Crippen LogP) is 3.09. The lowest BCUT2D eigenvalue weighted by Gasteiger charge is -2.32. The third-order valence-corrected chi connectivity index (χ3v) is 6.00. The molecule has 1 saturated carbocycles. The van der Waals surface area contributed by atoms with Crippen molar-refractivity contribution >= 4 is 5.71 Å². The van der Waals surface area contributed by atoms with Gasteiger partial charge in [0.25, 0.3) is 0 Å². The first-order chi connectivity index (χ1) is 11.2. The van der Waals surface area contributed by atoms with Gasteiger partial charge in [-0.15, -0.1) is 0 Å². The first-order valence-electron chi connectivity index (χ1n) is 8.36. The average molecular weight is 312 g/mol. The summed E-state index contributed by atoms with van der Waals surface area (Å²) in [6.45, 7) is 0. The van der Waals surface area contributed by atoms with Crippen molar-refractivity contribution in [3.05, 3.63) is 34.6 Å². The van der Waals surface area contributed by atoms with Crippen LogP contribution in [0.25, 0.3) is 0 Å². The molecule has 3 N–H and O–H groups in total. The van der Waals surface area contributed by atoms with Crippen molar-refractivity contribution in [3.8, 4) is 11.8 Å². The van der Waals surface area contributed by atoms with E-state index in [1.54, 1.807) is 7.11 Å². The second kappa shape index (κ2) is 4.43. The van der Waals surface area contributed by atoms with Gasteiger partial charge >= 0.3 is 0 Å². The normalized spacial score (nSPS) is 33.9. The van der Waals surface area contributed by atoms with Crippen molar-refractivity contribution in [2.45, 2.75) is 43.6 Å². The summed E-state index contributed by atoms with van der Waals surface area (Å²) in [5.74, 6) is 1.67. The number of ether oxygens (including phenoxy) is 1. The van der Waals surface area contributed by atoms with E-state index in [2.05, 4.69) is 11.1 Å². The van der Waals surface area contributed by atoms with Crippen LogP contribution < -0.4 is 0 Å². The summed E-state index contributed by atoms with van der Waals surface area (Å²) in [6.07, 6.45) is 8.30. The SMILES string of the molecule is COC1=C2C(CC=C1)N=C1C2c2c(O)[nH]c(O)c2C2CCCC12. The Labute approximate surface area is 134 Å². The standard InChI is InChI=1S/C18H20N2O3/c1-23-11-7-3-6-10-13(11)14-15-12(17(21)20-18(15)22)8-4-2-5-9(8)16(14)19-10/h3,7-10,14,20-22H,2,4-6H2,1H3. The number of aromatic nitrogens is 1. The molecule has 23 heavy (non-hydrogen) atoms. The highest BCUT2D eigenvalue weighted by Crippen LogP contribution is 2.59. The largest absolute Gasteiger partial charge is 0.497 e. The number of H-pyrrole nitrogens is 1. The Hall–Kier alpha value is -2.17. The minimum Gasteiger partial charge on any atom is -0.497 e. The minimum absolute atomic E-state index is 0.0496. The summed E-state index contributed by atoms with van der Waals surface area (Å²) in [5, 5.41) is 20.8. The highest BCUT2D eigenvalue weighted by molar-refractivity contribution is 6.02. The molecule has 0 radical (unpaired) electrons. The zero-order valence-corrected chi connectivity index (χ0v) is 13.0. The highest BCUT2D eigenvalue weighted by Gasteiger charge is 2.52. The number of aromatic hydroxyl groups is 2. The topological polar surface area (TPSA) is 77.8 Å². The van der Waals surface area contributed by atoms with Gasteiger partial charge in [-0.3, -0.25) is 9.98 Å². The maximum Gasteiger partial charge on any atom is 0.195 e. The maximum atomic E-state index is 10.4. The zero-order valence-electron chi connectivity index (χ0n) is 13.0. The first kappa shape index (κ1) is 13.3. The zero-order chi connectivity index (χ0) is 15.7. The fourth-order valence-corrected chi connectivity index (χ4v) is 5.19. The quantitative estimate of drug-likeness (QED) is 0.745. The maximum absolute atomic E-state index is 10.4. The van der Waals surface area contributed by atoms with Crippen LogP contribution in [-0.4, -0.2) is 34.1 Å². The molecule has 0 amide bonds.